The molecule has 0 aliphatic carbocycles. The van der Waals surface area contributed by atoms with Crippen molar-refractivity contribution in [3.8, 4) is 0 Å². The lowest BCUT2D eigenvalue weighted by molar-refractivity contribution is 0.0691. The third kappa shape index (κ3) is 4.29. The molecular formula is C17H25N3O2. The van der Waals surface area contributed by atoms with E-state index in [1.807, 2.05) is 4.90 Å². The van der Waals surface area contributed by atoms with E-state index in [-0.39, 0.29) is 11.8 Å². The maximum Gasteiger partial charge on any atom is 0.272 e. The van der Waals surface area contributed by atoms with Gasteiger partial charge in [-0.2, -0.15) is 0 Å². The van der Waals surface area contributed by atoms with Gasteiger partial charge in [-0.1, -0.05) is 20.3 Å². The molecule has 1 aromatic rings. The van der Waals surface area contributed by atoms with Gasteiger partial charge in [0, 0.05) is 31.4 Å². The van der Waals surface area contributed by atoms with Crippen molar-refractivity contribution in [3.05, 3.63) is 29.6 Å². The van der Waals surface area contributed by atoms with Gasteiger partial charge in [-0.25, -0.2) is 0 Å². The number of carbonyl (C=O) groups is 2. The van der Waals surface area contributed by atoms with E-state index in [1.165, 1.54) is 6.20 Å². The van der Waals surface area contributed by atoms with Crippen LogP contribution in [0.3, 0.4) is 0 Å². The number of aromatic nitrogens is 1. The minimum atomic E-state index is -0.142. The maximum atomic E-state index is 12.5. The molecular weight excluding hydrogens is 278 g/mol. The highest BCUT2D eigenvalue weighted by atomic mass is 16.2. The minimum Gasteiger partial charge on any atom is -0.352 e. The smallest absolute Gasteiger partial charge is 0.272 e. The molecule has 0 aromatic carbocycles. The molecule has 0 unspecified atom stereocenters. The van der Waals surface area contributed by atoms with E-state index in [0.29, 0.717) is 23.7 Å². The van der Waals surface area contributed by atoms with Crippen LogP contribution in [0.1, 0.15) is 60.4 Å². The zero-order chi connectivity index (χ0) is 15.9. The predicted octanol–water partition coefficient (Wildman–Crippen LogP) is 2.48. The van der Waals surface area contributed by atoms with Gasteiger partial charge >= 0.3 is 0 Å². The van der Waals surface area contributed by atoms with E-state index in [2.05, 4.69) is 24.1 Å². The molecule has 1 fully saturated rings. The van der Waals surface area contributed by atoms with Crippen LogP contribution in [0.2, 0.25) is 0 Å². The second-order valence-corrected chi connectivity index (χ2v) is 6.01. The van der Waals surface area contributed by atoms with Crippen molar-refractivity contribution in [3.63, 3.8) is 0 Å². The lowest BCUT2D eigenvalue weighted by Gasteiger charge is -2.30. The minimum absolute atomic E-state index is 0.0740. The van der Waals surface area contributed by atoms with Gasteiger partial charge < -0.3 is 10.2 Å². The number of rotatable bonds is 5. The number of nitrogens with one attached hydrogen (secondary N) is 1. The SMILES string of the molecule is CCCCNC(=O)c1ccnc(C(=O)N2CCC(C)CC2)c1. The molecule has 2 heterocycles. The van der Waals surface area contributed by atoms with Crippen molar-refractivity contribution >= 4 is 11.8 Å². The van der Waals surface area contributed by atoms with Crippen molar-refractivity contribution < 1.29 is 9.59 Å². The van der Waals surface area contributed by atoms with Crippen molar-refractivity contribution in [2.45, 2.75) is 39.5 Å². The highest BCUT2D eigenvalue weighted by Gasteiger charge is 2.22. The van der Waals surface area contributed by atoms with Crippen LogP contribution in [0.15, 0.2) is 18.3 Å². The topological polar surface area (TPSA) is 62.3 Å². The zero-order valence-corrected chi connectivity index (χ0v) is 13.5. The number of unbranched alkanes of at least 4 members (excludes halogenated alkanes) is 1. The van der Waals surface area contributed by atoms with Crippen LogP contribution in [0.5, 0.6) is 0 Å². The Morgan fingerprint density at radius 3 is 2.77 bits per heavy atom. The van der Waals surface area contributed by atoms with Crippen LogP contribution >= 0.6 is 0 Å². The lowest BCUT2D eigenvalue weighted by Crippen LogP contribution is -2.38. The Hall–Kier alpha value is -1.91. The van der Waals surface area contributed by atoms with Gasteiger partial charge in [0.1, 0.15) is 5.69 Å². The van der Waals surface area contributed by atoms with E-state index in [4.69, 9.17) is 0 Å². The summed E-state index contributed by atoms with van der Waals surface area (Å²) in [5.74, 6) is 0.458. The molecule has 1 saturated heterocycles. The van der Waals surface area contributed by atoms with Gasteiger partial charge in [0.25, 0.3) is 11.8 Å². The van der Waals surface area contributed by atoms with E-state index in [0.717, 1.165) is 38.8 Å². The average molecular weight is 303 g/mol. The summed E-state index contributed by atoms with van der Waals surface area (Å²) >= 11 is 0. The van der Waals surface area contributed by atoms with Crippen molar-refractivity contribution in [1.29, 1.82) is 0 Å². The molecule has 1 aromatic heterocycles. The summed E-state index contributed by atoms with van der Waals surface area (Å²) in [5.41, 5.74) is 0.859. The van der Waals surface area contributed by atoms with Crippen LogP contribution < -0.4 is 5.32 Å². The van der Waals surface area contributed by atoms with Crippen LogP contribution in [0, 0.1) is 5.92 Å². The van der Waals surface area contributed by atoms with Gasteiger partial charge in [-0.3, -0.25) is 14.6 Å². The normalized spacial score (nSPS) is 15.6. The molecule has 1 aliphatic heterocycles. The van der Waals surface area contributed by atoms with E-state index < -0.39 is 0 Å². The van der Waals surface area contributed by atoms with Crippen molar-refractivity contribution in [2.24, 2.45) is 5.92 Å². The first-order valence-corrected chi connectivity index (χ1v) is 8.15. The summed E-state index contributed by atoms with van der Waals surface area (Å²) in [6.45, 7) is 6.49. The molecule has 0 atom stereocenters. The Labute approximate surface area is 132 Å². The molecule has 2 rings (SSSR count). The van der Waals surface area contributed by atoms with Crippen LogP contribution in [-0.2, 0) is 0 Å². The first kappa shape index (κ1) is 16.5. The van der Waals surface area contributed by atoms with Crippen LogP contribution in [0.25, 0.3) is 0 Å². The van der Waals surface area contributed by atoms with Gasteiger partial charge in [0.15, 0.2) is 0 Å². The molecule has 120 valence electrons. The predicted molar refractivity (Wildman–Crippen MR) is 85.8 cm³/mol. The molecule has 5 heteroatoms. The summed E-state index contributed by atoms with van der Waals surface area (Å²) < 4.78 is 0. The summed E-state index contributed by atoms with van der Waals surface area (Å²) in [6.07, 6.45) is 5.59. The van der Waals surface area contributed by atoms with Crippen LogP contribution in [-0.4, -0.2) is 41.3 Å². The number of likely N-dealkylation sites (tertiary alicyclic amines) is 1. The number of nitrogens with zero attached hydrogens (tertiary/aromatic N) is 2. The van der Waals surface area contributed by atoms with E-state index >= 15 is 0 Å². The number of hydrogen-bond donors (Lipinski definition) is 1. The largest absolute Gasteiger partial charge is 0.352 e. The molecule has 0 saturated carbocycles. The van der Waals surface area contributed by atoms with Gasteiger partial charge in [-0.15, -0.1) is 0 Å². The van der Waals surface area contributed by atoms with Gasteiger partial charge in [-0.05, 0) is 37.3 Å². The number of amides is 2. The molecule has 1 aliphatic rings. The molecule has 2 amide bonds. The van der Waals surface area contributed by atoms with Crippen molar-refractivity contribution in [2.75, 3.05) is 19.6 Å². The van der Waals surface area contributed by atoms with Crippen LogP contribution in [0.4, 0.5) is 0 Å². The van der Waals surface area contributed by atoms with Gasteiger partial charge in [0.2, 0.25) is 0 Å². The zero-order valence-electron chi connectivity index (χ0n) is 13.5. The molecule has 22 heavy (non-hydrogen) atoms. The summed E-state index contributed by atoms with van der Waals surface area (Å²) in [4.78, 5) is 30.5. The summed E-state index contributed by atoms with van der Waals surface area (Å²) in [7, 11) is 0. The Morgan fingerprint density at radius 1 is 1.36 bits per heavy atom. The Bertz CT molecular complexity index is 522. The fraction of sp³-hybridized carbons (Fsp3) is 0.588. The molecule has 1 N–H and O–H groups in total. The van der Waals surface area contributed by atoms with E-state index in [1.54, 1.807) is 12.1 Å². The lowest BCUT2D eigenvalue weighted by atomic mass is 9.99. The second-order valence-electron chi connectivity index (χ2n) is 6.01. The summed E-state index contributed by atoms with van der Waals surface area (Å²) in [6, 6.07) is 3.25. The standard InChI is InChI=1S/C17H25N3O2/c1-3-4-8-19-16(21)14-5-9-18-15(12-14)17(22)20-10-6-13(2)7-11-20/h5,9,12-13H,3-4,6-8,10-11H2,1-2H3,(H,19,21). The molecule has 0 spiro atoms. The summed E-state index contributed by atoms with van der Waals surface area (Å²) in [5, 5.41) is 2.86. The fourth-order valence-corrected chi connectivity index (χ4v) is 2.54. The van der Waals surface area contributed by atoms with Gasteiger partial charge in [0.05, 0.1) is 0 Å². The highest BCUT2D eigenvalue weighted by Crippen LogP contribution is 2.17. The third-order valence-corrected chi connectivity index (χ3v) is 4.13. The third-order valence-electron chi connectivity index (χ3n) is 4.13. The first-order chi connectivity index (χ1) is 10.6. The molecule has 0 bridgehead atoms. The Kier molecular flexibility index (Phi) is 5.92. The molecule has 5 nitrogen and oxygen atoms in total. The molecule has 0 radical (unpaired) electrons. The second kappa shape index (κ2) is 7.92. The Balaban J connectivity index is 2.01. The number of hydrogen-bond acceptors (Lipinski definition) is 3. The van der Waals surface area contributed by atoms with Crippen molar-refractivity contribution in [1.82, 2.24) is 15.2 Å². The number of piperidine rings is 1. The number of pyridine rings is 1. The highest BCUT2D eigenvalue weighted by molar-refractivity contribution is 5.98. The Morgan fingerprint density at radius 2 is 2.09 bits per heavy atom. The quantitative estimate of drug-likeness (QED) is 0.850. The fourth-order valence-electron chi connectivity index (χ4n) is 2.54. The van der Waals surface area contributed by atoms with E-state index in [9.17, 15) is 9.59 Å². The number of carbonyl (C=O) groups excluding carboxylic acids is 2. The first-order valence-electron chi connectivity index (χ1n) is 8.15. The monoisotopic (exact) mass is 303 g/mol. The maximum absolute atomic E-state index is 12.5. The average Bonchev–Trinajstić information content (AvgIpc) is 2.55.